The number of H-pyrrole nitrogens is 1. The second-order valence-electron chi connectivity index (χ2n) is 9.06. The molecule has 30 heavy (non-hydrogen) atoms. The van der Waals surface area contributed by atoms with Crippen LogP contribution in [0.5, 0.6) is 0 Å². The fourth-order valence-electron chi connectivity index (χ4n) is 5.35. The Morgan fingerprint density at radius 1 is 1.27 bits per heavy atom. The summed E-state index contributed by atoms with van der Waals surface area (Å²) in [6.45, 7) is 8.55. The molecule has 3 N–H and O–H groups in total. The first-order valence-corrected chi connectivity index (χ1v) is 11.6. The van der Waals surface area contributed by atoms with Crippen molar-refractivity contribution in [1.29, 1.82) is 5.26 Å². The average molecular weight is 467 g/mol. The van der Waals surface area contributed by atoms with E-state index in [0.29, 0.717) is 12.0 Å². The molecule has 2 heterocycles. The molecule has 5 rings (SSSR count). The molecule has 1 fully saturated rings. The number of nitrogens with one attached hydrogen (secondary N) is 2. The summed E-state index contributed by atoms with van der Waals surface area (Å²) in [5.41, 5.74) is 8.32. The number of rotatable bonds is 1. The van der Waals surface area contributed by atoms with Crippen LogP contribution in [0.2, 0.25) is 0 Å². The normalized spacial score (nSPS) is 27.4. The molecule has 0 spiro atoms. The molecule has 1 saturated heterocycles. The smallest absolute Gasteiger partial charge is 0.103 e. The van der Waals surface area contributed by atoms with Gasteiger partial charge in [0.25, 0.3) is 0 Å². The zero-order valence-corrected chi connectivity index (χ0v) is 19.0. The Morgan fingerprint density at radius 2 is 2.03 bits per heavy atom. The molecule has 1 aliphatic heterocycles. The Kier molecular flexibility index (Phi) is 4.81. The van der Waals surface area contributed by atoms with Crippen molar-refractivity contribution in [2.45, 2.75) is 43.0 Å². The van der Waals surface area contributed by atoms with Gasteiger partial charge in [0.2, 0.25) is 0 Å². The second kappa shape index (κ2) is 7.26. The van der Waals surface area contributed by atoms with Crippen molar-refractivity contribution in [2.75, 3.05) is 26.2 Å². The van der Waals surface area contributed by atoms with Crippen molar-refractivity contribution >= 4 is 22.0 Å². The summed E-state index contributed by atoms with van der Waals surface area (Å²) in [5, 5.41) is 24.2. The molecule has 2 unspecified atom stereocenters. The second-order valence-corrected chi connectivity index (χ2v) is 10.2. The van der Waals surface area contributed by atoms with Gasteiger partial charge in [0.05, 0.1) is 10.9 Å². The summed E-state index contributed by atoms with van der Waals surface area (Å²) in [5.74, 6) is 0. The van der Waals surface area contributed by atoms with Crippen molar-refractivity contribution < 1.29 is 5.11 Å². The molecule has 1 aromatic rings. The van der Waals surface area contributed by atoms with E-state index in [1.165, 1.54) is 11.3 Å². The summed E-state index contributed by atoms with van der Waals surface area (Å²) < 4.78 is 0. The van der Waals surface area contributed by atoms with Gasteiger partial charge in [-0.15, -0.1) is 0 Å². The van der Waals surface area contributed by atoms with Gasteiger partial charge in [-0.3, -0.25) is 0 Å². The highest BCUT2D eigenvalue weighted by Gasteiger charge is 2.44. The molecule has 3 aliphatic carbocycles. The highest BCUT2D eigenvalue weighted by Crippen LogP contribution is 2.52. The third-order valence-electron chi connectivity index (χ3n) is 6.99. The van der Waals surface area contributed by atoms with E-state index in [2.05, 4.69) is 57.1 Å². The minimum atomic E-state index is -0.628. The quantitative estimate of drug-likeness (QED) is 0.552. The SMILES string of the molecule is CC1(C)C2=C(CC(Br)C(N3CCNCC3)=C2)C(O)c2c1[nH]c1c2C=CC(C#N)=CC1. The zero-order valence-electron chi connectivity index (χ0n) is 17.4. The van der Waals surface area contributed by atoms with Crippen molar-refractivity contribution in [3.05, 3.63) is 63.2 Å². The number of alkyl halides is 1. The van der Waals surface area contributed by atoms with Crippen LogP contribution in [-0.2, 0) is 11.8 Å². The van der Waals surface area contributed by atoms with Gasteiger partial charge in [-0.1, -0.05) is 41.9 Å². The molecular weight excluding hydrogens is 440 g/mol. The van der Waals surface area contributed by atoms with E-state index >= 15 is 0 Å². The Labute approximate surface area is 186 Å². The summed E-state index contributed by atoms with van der Waals surface area (Å²) >= 11 is 3.91. The predicted octanol–water partition coefficient (Wildman–Crippen LogP) is 3.61. The lowest BCUT2D eigenvalue weighted by molar-refractivity contribution is 0.198. The summed E-state index contributed by atoms with van der Waals surface area (Å²) in [4.78, 5) is 6.31. The number of aliphatic hydroxyl groups excluding tert-OH is 1. The topological polar surface area (TPSA) is 75.1 Å². The highest BCUT2D eigenvalue weighted by atomic mass is 79.9. The van der Waals surface area contributed by atoms with Gasteiger partial charge in [0, 0.05) is 71.8 Å². The number of aliphatic hydroxyl groups is 1. The van der Waals surface area contributed by atoms with Gasteiger partial charge in [-0.05, 0) is 29.7 Å². The standard InChI is InChI=1S/C24H27BrN4O/c1-24(2)17-12-20(29-9-7-27-8-10-29)18(25)11-16(17)22(30)21-15-5-3-14(13-26)4-6-19(15)28-23(21)24/h3-5,12,18,22,27-28,30H,6-11H2,1-2H3. The number of piperazine rings is 1. The molecule has 0 radical (unpaired) electrons. The number of halogens is 1. The van der Waals surface area contributed by atoms with Crippen LogP contribution in [0.3, 0.4) is 0 Å². The van der Waals surface area contributed by atoms with Crippen LogP contribution in [0.4, 0.5) is 0 Å². The van der Waals surface area contributed by atoms with E-state index in [-0.39, 0.29) is 10.2 Å². The van der Waals surface area contributed by atoms with E-state index in [4.69, 9.17) is 0 Å². The van der Waals surface area contributed by atoms with Crippen LogP contribution in [0.1, 0.15) is 48.9 Å². The molecule has 156 valence electrons. The maximum atomic E-state index is 11.5. The molecule has 2 atom stereocenters. The third-order valence-corrected chi connectivity index (χ3v) is 7.78. The van der Waals surface area contributed by atoms with Crippen molar-refractivity contribution in [3.8, 4) is 6.07 Å². The molecule has 0 amide bonds. The predicted molar refractivity (Wildman–Crippen MR) is 122 cm³/mol. The number of aromatic nitrogens is 1. The molecule has 0 saturated carbocycles. The van der Waals surface area contributed by atoms with Crippen LogP contribution >= 0.6 is 15.9 Å². The number of nitriles is 1. The largest absolute Gasteiger partial charge is 0.384 e. The maximum absolute atomic E-state index is 11.5. The van der Waals surface area contributed by atoms with Crippen LogP contribution in [0.25, 0.3) is 6.08 Å². The first kappa shape index (κ1) is 19.9. The van der Waals surface area contributed by atoms with Crippen molar-refractivity contribution in [1.82, 2.24) is 15.2 Å². The lowest BCUT2D eigenvalue weighted by atomic mass is 9.67. The van der Waals surface area contributed by atoms with Crippen LogP contribution < -0.4 is 5.32 Å². The number of fused-ring (bicyclic) bond motifs is 3. The fourth-order valence-corrected chi connectivity index (χ4v) is 6.12. The van der Waals surface area contributed by atoms with Crippen molar-refractivity contribution in [3.63, 3.8) is 0 Å². The summed E-state index contributed by atoms with van der Waals surface area (Å²) in [6.07, 6.45) is 8.99. The van der Waals surface area contributed by atoms with Gasteiger partial charge in [0.1, 0.15) is 6.10 Å². The van der Waals surface area contributed by atoms with E-state index in [1.54, 1.807) is 0 Å². The van der Waals surface area contributed by atoms with Gasteiger partial charge < -0.3 is 20.3 Å². The van der Waals surface area contributed by atoms with Gasteiger partial charge in [-0.2, -0.15) is 5.26 Å². The number of hydrogen-bond acceptors (Lipinski definition) is 4. The molecule has 4 aliphatic rings. The minimum Gasteiger partial charge on any atom is -0.384 e. The fraction of sp³-hybridized carbons (Fsp3) is 0.458. The molecule has 6 heteroatoms. The third kappa shape index (κ3) is 2.95. The van der Waals surface area contributed by atoms with E-state index in [0.717, 1.165) is 60.7 Å². The Morgan fingerprint density at radius 3 is 2.77 bits per heavy atom. The van der Waals surface area contributed by atoms with E-state index in [9.17, 15) is 10.4 Å². The molecule has 0 bridgehead atoms. The molecule has 1 aromatic heterocycles. The molecular formula is C24H27BrN4O. The Balaban J connectivity index is 1.61. The Hall–Kier alpha value is -2.07. The first-order valence-electron chi connectivity index (χ1n) is 10.7. The summed E-state index contributed by atoms with van der Waals surface area (Å²) in [7, 11) is 0. The van der Waals surface area contributed by atoms with Crippen LogP contribution in [0.15, 0.2) is 40.6 Å². The number of aromatic amines is 1. The lowest BCUT2D eigenvalue weighted by Crippen LogP contribution is -2.45. The zero-order chi connectivity index (χ0) is 21.0. The number of allylic oxidation sites excluding steroid dienone is 6. The summed E-state index contributed by atoms with van der Waals surface area (Å²) in [6, 6.07) is 2.23. The minimum absolute atomic E-state index is 0.210. The van der Waals surface area contributed by atoms with Gasteiger partial charge >= 0.3 is 0 Å². The number of hydrogen-bond donors (Lipinski definition) is 3. The first-order chi connectivity index (χ1) is 14.4. The highest BCUT2D eigenvalue weighted by molar-refractivity contribution is 9.09. The van der Waals surface area contributed by atoms with Crippen LogP contribution in [0, 0.1) is 11.3 Å². The number of nitrogens with zero attached hydrogens (tertiary/aromatic N) is 2. The monoisotopic (exact) mass is 466 g/mol. The molecule has 0 aromatic carbocycles. The Bertz CT molecular complexity index is 1060. The van der Waals surface area contributed by atoms with Crippen molar-refractivity contribution in [2.24, 2.45) is 0 Å². The van der Waals surface area contributed by atoms with E-state index < -0.39 is 6.10 Å². The maximum Gasteiger partial charge on any atom is 0.103 e. The average Bonchev–Trinajstić information content (AvgIpc) is 3.00. The van der Waals surface area contributed by atoms with E-state index in [1.807, 2.05) is 18.2 Å². The molecule has 5 nitrogen and oxygen atoms in total. The van der Waals surface area contributed by atoms with Gasteiger partial charge in [0.15, 0.2) is 0 Å². The lowest BCUT2D eigenvalue weighted by Gasteiger charge is -2.43. The van der Waals surface area contributed by atoms with Crippen LogP contribution in [-0.4, -0.2) is 46.0 Å². The van der Waals surface area contributed by atoms with Gasteiger partial charge in [-0.25, -0.2) is 0 Å².